The number of aryl methyl sites for hydroxylation is 2. The minimum Gasteiger partial charge on any atom is -0.474 e. The highest BCUT2D eigenvalue weighted by Gasteiger charge is 2.32. The van der Waals surface area contributed by atoms with Crippen molar-refractivity contribution in [2.75, 3.05) is 28.2 Å². The molecule has 4 N–H and O–H groups in total. The highest BCUT2D eigenvalue weighted by Crippen LogP contribution is 2.45. The molecular formula is C46H72ClN7O3S2. The van der Waals surface area contributed by atoms with Crippen LogP contribution < -0.4 is 10.5 Å². The molecule has 4 heterocycles. The molecule has 10 nitrogen and oxygen atoms in total. The molecule has 0 bridgehead atoms. The number of thiophene rings is 2. The topological polar surface area (TPSA) is 134 Å². The lowest BCUT2D eigenvalue weighted by atomic mass is 9.76. The van der Waals surface area contributed by atoms with E-state index in [1.165, 1.54) is 52.0 Å². The van der Waals surface area contributed by atoms with Crippen LogP contribution in [-0.2, 0) is 25.7 Å². The van der Waals surface area contributed by atoms with E-state index < -0.39 is 0 Å². The Morgan fingerprint density at radius 3 is 1.58 bits per heavy atom. The summed E-state index contributed by atoms with van der Waals surface area (Å²) in [6.07, 6.45) is 23.2. The van der Waals surface area contributed by atoms with Crippen molar-refractivity contribution in [2.24, 2.45) is 16.6 Å². The van der Waals surface area contributed by atoms with E-state index in [-0.39, 0.29) is 12.2 Å². The molecule has 5 aliphatic rings. The Morgan fingerprint density at radius 1 is 0.644 bits per heavy atom. The lowest BCUT2D eigenvalue weighted by Crippen LogP contribution is -2.35. The van der Waals surface area contributed by atoms with Crippen molar-refractivity contribution in [3.8, 4) is 5.88 Å². The Labute approximate surface area is 366 Å². The first-order chi connectivity index (χ1) is 28.0. The van der Waals surface area contributed by atoms with Gasteiger partial charge in [-0.2, -0.15) is 0 Å². The molecule has 59 heavy (non-hydrogen) atoms. The second-order valence-corrected chi connectivity index (χ2v) is 22.4. The van der Waals surface area contributed by atoms with Crippen LogP contribution in [0.4, 0.5) is 0 Å². The van der Waals surface area contributed by atoms with E-state index in [4.69, 9.17) is 27.2 Å². The molecule has 0 amide bonds. The van der Waals surface area contributed by atoms with E-state index in [1.807, 2.05) is 11.3 Å². The van der Waals surface area contributed by atoms with Gasteiger partial charge in [-0.15, -0.1) is 22.7 Å². The van der Waals surface area contributed by atoms with Crippen LogP contribution in [0.25, 0.3) is 20.4 Å². The van der Waals surface area contributed by atoms with Gasteiger partial charge >= 0.3 is 0 Å². The number of aliphatic hydroxyl groups is 2. The highest BCUT2D eigenvalue weighted by atomic mass is 35.5. The van der Waals surface area contributed by atoms with Gasteiger partial charge in [-0.1, -0.05) is 39.3 Å². The lowest BCUT2D eigenvalue weighted by Gasteiger charge is -2.33. The van der Waals surface area contributed by atoms with E-state index >= 15 is 0 Å². The molecule has 0 unspecified atom stereocenters. The summed E-state index contributed by atoms with van der Waals surface area (Å²) < 4.78 is 6.43. The zero-order chi connectivity index (χ0) is 42.5. The van der Waals surface area contributed by atoms with Gasteiger partial charge in [-0.25, -0.2) is 19.9 Å². The molecule has 3 saturated carbocycles. The molecule has 9 rings (SSSR count). The van der Waals surface area contributed by atoms with Crippen molar-refractivity contribution in [3.05, 3.63) is 38.7 Å². The van der Waals surface area contributed by atoms with Gasteiger partial charge in [0.2, 0.25) is 5.88 Å². The average molecular weight is 871 g/mol. The summed E-state index contributed by atoms with van der Waals surface area (Å²) in [4.78, 5) is 27.2. The first-order valence-electron chi connectivity index (χ1n) is 22.3. The molecule has 0 radical (unpaired) electrons. The van der Waals surface area contributed by atoms with E-state index in [2.05, 4.69) is 85.6 Å². The maximum atomic E-state index is 9.19. The second kappa shape index (κ2) is 20.4. The van der Waals surface area contributed by atoms with Crippen LogP contribution in [0.3, 0.4) is 0 Å². The first kappa shape index (κ1) is 46.5. The molecule has 0 spiro atoms. The molecule has 328 valence electrons. The average Bonchev–Trinajstić information content (AvgIpc) is 3.75. The highest BCUT2D eigenvalue weighted by molar-refractivity contribution is 7.19. The number of halogens is 1. The lowest BCUT2D eigenvalue weighted by molar-refractivity contribution is 0.0926. The third-order valence-corrected chi connectivity index (χ3v) is 16.1. The van der Waals surface area contributed by atoms with Crippen LogP contribution >= 0.6 is 34.3 Å². The fraction of sp³-hybridized carbons (Fsp3) is 0.739. The predicted molar refractivity (Wildman–Crippen MR) is 246 cm³/mol. The molecule has 0 aromatic carbocycles. The van der Waals surface area contributed by atoms with Crippen molar-refractivity contribution in [1.82, 2.24) is 29.7 Å². The number of aliphatic hydroxyl groups excluding tert-OH is 2. The van der Waals surface area contributed by atoms with Gasteiger partial charge in [0.15, 0.2) is 0 Å². The van der Waals surface area contributed by atoms with Gasteiger partial charge in [0.05, 0.1) is 23.0 Å². The van der Waals surface area contributed by atoms with E-state index in [9.17, 15) is 5.11 Å². The Bertz CT molecular complexity index is 1930. The normalized spacial score (nSPS) is 27.4. The third kappa shape index (κ3) is 12.6. The van der Waals surface area contributed by atoms with Crippen molar-refractivity contribution in [3.63, 3.8) is 0 Å². The summed E-state index contributed by atoms with van der Waals surface area (Å²) in [5, 5.41) is 21.1. The van der Waals surface area contributed by atoms with Crippen LogP contribution in [0, 0.1) is 10.8 Å². The number of nitrogens with two attached hydrogens (primary N) is 1. The summed E-state index contributed by atoms with van der Waals surface area (Å²) in [6, 6.07) is 1.77. The zero-order valence-corrected chi connectivity index (χ0v) is 39.5. The molecule has 4 aromatic heterocycles. The minimum atomic E-state index is -0.0604. The fourth-order valence-corrected chi connectivity index (χ4v) is 12.0. The van der Waals surface area contributed by atoms with E-state index in [1.54, 1.807) is 24.0 Å². The Hall–Kier alpha value is -2.03. The van der Waals surface area contributed by atoms with Crippen LogP contribution in [-0.4, -0.2) is 105 Å². The summed E-state index contributed by atoms with van der Waals surface area (Å²) >= 11 is 9.81. The Kier molecular flexibility index (Phi) is 16.1. The molecular weight excluding hydrogens is 798 g/mol. The molecule has 0 atom stereocenters. The van der Waals surface area contributed by atoms with Gasteiger partial charge in [0, 0.05) is 27.9 Å². The minimum absolute atomic E-state index is 0.0174. The van der Waals surface area contributed by atoms with Crippen LogP contribution in [0.5, 0.6) is 5.88 Å². The van der Waals surface area contributed by atoms with Crippen LogP contribution in [0.1, 0.15) is 138 Å². The van der Waals surface area contributed by atoms with Gasteiger partial charge in [-0.05, 0) is 166 Å². The second-order valence-electron chi connectivity index (χ2n) is 19.9. The quantitative estimate of drug-likeness (QED) is 0.170. The van der Waals surface area contributed by atoms with Gasteiger partial charge < -0.3 is 30.5 Å². The number of aromatic nitrogens is 4. The standard InChI is InChI=1S/C20H29N3OS.C12H13ClN2S.C8H17NO.C6H13NO/c1-20(2)10-9-16-15(11-20)17-18(21-12-22-19(17)25-16)24-14-7-5-13(6-8-14)23(3)4;1-12(2)4-3-8-7(5-12)9-10(13)14-6-15-11(9)16-8;1-9(2)7-3-5-8(10)6-4-7;7-5-1-3-6(8)4-2-5/h12-14H,5-11H2,1-4H3;6H,3-5H2,1-2H3;7-8,10H,3-6H2,1-2H3;5-6,8H,1-4,7H2. The third-order valence-electron chi connectivity index (χ3n) is 13.4. The summed E-state index contributed by atoms with van der Waals surface area (Å²) in [7, 11) is 8.59. The number of hydrogen-bond acceptors (Lipinski definition) is 12. The predicted octanol–water partition coefficient (Wildman–Crippen LogP) is 9.42. The zero-order valence-electron chi connectivity index (χ0n) is 37.1. The maximum absolute atomic E-state index is 9.19. The van der Waals surface area contributed by atoms with Crippen molar-refractivity contribution in [2.45, 2.75) is 180 Å². The SMILES string of the molecule is CC1(C)CCc2sc3ncnc(Cl)c3c2C1.CN(C)C1CCC(O)CC1.CN(C)C1CCC(Oc2ncnc3sc4c(c23)CC(C)(C)CC4)CC1.NC1CCC(O)CC1. The number of fused-ring (bicyclic) bond motifs is 6. The molecule has 4 aromatic rings. The first-order valence-corrected chi connectivity index (χ1v) is 24.3. The molecule has 0 saturated heterocycles. The maximum Gasteiger partial charge on any atom is 0.225 e. The molecule has 13 heteroatoms. The monoisotopic (exact) mass is 869 g/mol. The van der Waals surface area contributed by atoms with Crippen LogP contribution in [0.15, 0.2) is 12.7 Å². The number of ether oxygens (including phenoxy) is 1. The number of nitrogens with zero attached hydrogens (tertiary/aromatic N) is 6. The summed E-state index contributed by atoms with van der Waals surface area (Å²) in [6.45, 7) is 9.37. The number of rotatable bonds is 4. The van der Waals surface area contributed by atoms with Crippen molar-refractivity contribution in [1.29, 1.82) is 0 Å². The fourth-order valence-electron chi connectivity index (χ4n) is 9.42. The molecule has 0 aliphatic heterocycles. The largest absolute Gasteiger partial charge is 0.474 e. The smallest absolute Gasteiger partial charge is 0.225 e. The Balaban J connectivity index is 0.000000147. The van der Waals surface area contributed by atoms with E-state index in [0.717, 1.165) is 111 Å². The van der Waals surface area contributed by atoms with E-state index in [0.29, 0.717) is 40.2 Å². The number of hydrogen-bond donors (Lipinski definition) is 3. The van der Waals surface area contributed by atoms with Crippen molar-refractivity contribution < 1.29 is 14.9 Å². The van der Waals surface area contributed by atoms with Crippen LogP contribution in [0.2, 0.25) is 5.15 Å². The van der Waals surface area contributed by atoms with Gasteiger partial charge in [0.25, 0.3) is 0 Å². The summed E-state index contributed by atoms with van der Waals surface area (Å²) in [5.41, 5.74) is 9.16. The summed E-state index contributed by atoms with van der Waals surface area (Å²) in [5.74, 6) is 0.827. The van der Waals surface area contributed by atoms with Gasteiger partial charge in [-0.3, -0.25) is 0 Å². The Morgan fingerprint density at radius 2 is 1.08 bits per heavy atom. The molecule has 5 aliphatic carbocycles. The van der Waals surface area contributed by atoms with Gasteiger partial charge in [0.1, 0.15) is 33.6 Å². The van der Waals surface area contributed by atoms with Crippen molar-refractivity contribution >= 4 is 54.7 Å². The molecule has 3 fully saturated rings.